The third-order valence-corrected chi connectivity index (χ3v) is 4.33. The Bertz CT molecular complexity index is 582. The van der Waals surface area contributed by atoms with Crippen molar-refractivity contribution in [1.29, 1.82) is 0 Å². The maximum absolute atomic E-state index is 12.5. The number of esters is 1. The normalized spacial score (nSPS) is 21.5. The molecule has 0 saturated carbocycles. The fourth-order valence-corrected chi connectivity index (χ4v) is 2.63. The highest BCUT2D eigenvalue weighted by Crippen LogP contribution is 2.29. The number of ether oxygens (including phenoxy) is 1. The van der Waals surface area contributed by atoms with E-state index in [4.69, 9.17) is 16.3 Å². The molecule has 124 valence electrons. The summed E-state index contributed by atoms with van der Waals surface area (Å²) in [6, 6.07) is 6.91. The second kappa shape index (κ2) is 8.16. The van der Waals surface area contributed by atoms with Crippen LogP contribution in [-0.2, 0) is 14.3 Å². The van der Waals surface area contributed by atoms with Gasteiger partial charge in [-0.25, -0.2) is 0 Å². The van der Waals surface area contributed by atoms with Gasteiger partial charge in [0.05, 0.1) is 17.9 Å². The monoisotopic (exact) mass is 335 g/mol. The Morgan fingerprint density at radius 2 is 1.83 bits per heavy atom. The maximum Gasteiger partial charge on any atom is 0.310 e. The first-order chi connectivity index (χ1) is 11.0. The Morgan fingerprint density at radius 3 is 2.43 bits per heavy atom. The molecule has 5 heteroatoms. The van der Waals surface area contributed by atoms with Crippen LogP contribution < -0.4 is 5.32 Å². The van der Waals surface area contributed by atoms with Crippen LogP contribution in [0.25, 0.3) is 0 Å². The third-order valence-electron chi connectivity index (χ3n) is 4.08. The largest absolute Gasteiger partial charge is 0.462 e. The summed E-state index contributed by atoms with van der Waals surface area (Å²) in [4.78, 5) is 24.9. The van der Waals surface area contributed by atoms with Crippen LogP contribution in [0.2, 0.25) is 5.02 Å². The molecule has 0 fully saturated rings. The minimum Gasteiger partial charge on any atom is -0.462 e. The number of anilines is 1. The molecule has 0 saturated heterocycles. The van der Waals surface area contributed by atoms with Gasteiger partial charge in [0, 0.05) is 10.7 Å². The van der Waals surface area contributed by atoms with E-state index in [1.54, 1.807) is 24.3 Å². The van der Waals surface area contributed by atoms with Gasteiger partial charge in [-0.15, -0.1) is 0 Å². The molecule has 0 aromatic heterocycles. The minimum atomic E-state index is -0.429. The van der Waals surface area contributed by atoms with E-state index in [0.29, 0.717) is 23.6 Å². The van der Waals surface area contributed by atoms with Crippen molar-refractivity contribution in [3.8, 4) is 0 Å². The van der Waals surface area contributed by atoms with Crippen LogP contribution in [0.4, 0.5) is 5.69 Å². The average Bonchev–Trinajstić information content (AvgIpc) is 2.56. The summed E-state index contributed by atoms with van der Waals surface area (Å²) < 4.78 is 5.42. The van der Waals surface area contributed by atoms with Crippen molar-refractivity contribution >= 4 is 29.2 Å². The number of nitrogens with one attached hydrogen (secondary N) is 1. The second-order valence-electron chi connectivity index (χ2n) is 5.81. The molecule has 23 heavy (non-hydrogen) atoms. The molecule has 3 atom stereocenters. The van der Waals surface area contributed by atoms with E-state index in [-0.39, 0.29) is 18.0 Å². The number of amides is 1. The average molecular weight is 336 g/mol. The van der Waals surface area contributed by atoms with Gasteiger partial charge in [0.2, 0.25) is 5.91 Å². The number of benzene rings is 1. The lowest BCUT2D eigenvalue weighted by Gasteiger charge is -2.27. The van der Waals surface area contributed by atoms with Crippen LogP contribution in [0.1, 0.15) is 33.1 Å². The Kier molecular flexibility index (Phi) is 6.22. The predicted octanol–water partition coefficient (Wildman–Crippen LogP) is 4.20. The summed E-state index contributed by atoms with van der Waals surface area (Å²) in [6.45, 7) is 3.82. The van der Waals surface area contributed by atoms with Crippen LogP contribution in [-0.4, -0.2) is 18.0 Å². The highest BCUT2D eigenvalue weighted by molar-refractivity contribution is 6.30. The fourth-order valence-electron chi connectivity index (χ4n) is 2.50. The molecule has 1 N–H and O–H groups in total. The van der Waals surface area contributed by atoms with Gasteiger partial charge in [-0.05, 0) is 50.5 Å². The molecule has 4 nitrogen and oxygen atoms in total. The van der Waals surface area contributed by atoms with Gasteiger partial charge in [-0.3, -0.25) is 9.59 Å². The molecule has 1 aromatic carbocycles. The first-order valence-corrected chi connectivity index (χ1v) is 8.31. The van der Waals surface area contributed by atoms with Crippen molar-refractivity contribution < 1.29 is 14.3 Å². The molecular formula is C18H22ClNO3. The van der Waals surface area contributed by atoms with Gasteiger partial charge >= 0.3 is 5.97 Å². The molecule has 1 aliphatic rings. The van der Waals surface area contributed by atoms with Crippen LogP contribution in [0, 0.1) is 11.8 Å². The molecule has 0 spiro atoms. The third kappa shape index (κ3) is 4.83. The Hall–Kier alpha value is -1.81. The molecule has 1 amide bonds. The molecule has 0 heterocycles. The standard InChI is InChI=1S/C18H22ClNO3/c1-3-12(2)23-18(22)16-7-5-4-6-15(16)17(21)20-14-10-8-13(19)9-11-14/h4-5,8-12,15-16H,3,6-7H2,1-2H3,(H,20,21)/t12-,15+,16-/m0/s1. The number of hydrogen-bond acceptors (Lipinski definition) is 3. The van der Waals surface area contributed by atoms with E-state index in [1.165, 1.54) is 0 Å². The van der Waals surface area contributed by atoms with Gasteiger partial charge < -0.3 is 10.1 Å². The van der Waals surface area contributed by atoms with Crippen molar-refractivity contribution in [3.63, 3.8) is 0 Å². The van der Waals surface area contributed by atoms with Crippen LogP contribution in [0.15, 0.2) is 36.4 Å². The molecule has 1 aliphatic carbocycles. The number of halogens is 1. The molecular weight excluding hydrogens is 314 g/mol. The van der Waals surface area contributed by atoms with Crippen molar-refractivity contribution in [3.05, 3.63) is 41.4 Å². The van der Waals surface area contributed by atoms with Gasteiger partial charge in [-0.1, -0.05) is 30.7 Å². The summed E-state index contributed by atoms with van der Waals surface area (Å²) >= 11 is 5.84. The van der Waals surface area contributed by atoms with E-state index in [1.807, 2.05) is 26.0 Å². The SMILES string of the molecule is CC[C@H](C)OC(=O)[C@H]1CC=CC[C@H]1C(=O)Nc1ccc(Cl)cc1. The lowest BCUT2D eigenvalue weighted by molar-refractivity contribution is -0.157. The molecule has 2 rings (SSSR count). The zero-order valence-corrected chi connectivity index (χ0v) is 14.2. The van der Waals surface area contributed by atoms with Crippen molar-refractivity contribution in [2.24, 2.45) is 11.8 Å². The van der Waals surface area contributed by atoms with E-state index < -0.39 is 11.8 Å². The van der Waals surface area contributed by atoms with E-state index in [9.17, 15) is 9.59 Å². The molecule has 0 aliphatic heterocycles. The smallest absolute Gasteiger partial charge is 0.310 e. The van der Waals surface area contributed by atoms with Crippen molar-refractivity contribution in [2.75, 3.05) is 5.32 Å². The summed E-state index contributed by atoms with van der Waals surface area (Å²) in [5.74, 6) is -1.30. The maximum atomic E-state index is 12.5. The molecule has 1 aromatic rings. The number of allylic oxidation sites excluding steroid dienone is 2. The topological polar surface area (TPSA) is 55.4 Å². The Morgan fingerprint density at radius 1 is 1.22 bits per heavy atom. The van der Waals surface area contributed by atoms with E-state index in [0.717, 1.165) is 6.42 Å². The van der Waals surface area contributed by atoms with Crippen molar-refractivity contribution in [2.45, 2.75) is 39.2 Å². The van der Waals surface area contributed by atoms with Gasteiger partial charge in [0.15, 0.2) is 0 Å². The first-order valence-electron chi connectivity index (χ1n) is 7.93. The number of rotatable bonds is 5. The number of carbonyl (C=O) groups excluding carboxylic acids is 2. The Balaban J connectivity index is 2.05. The minimum absolute atomic E-state index is 0.131. The van der Waals surface area contributed by atoms with Crippen molar-refractivity contribution in [1.82, 2.24) is 0 Å². The highest BCUT2D eigenvalue weighted by Gasteiger charge is 2.35. The predicted molar refractivity (Wildman–Crippen MR) is 91.3 cm³/mol. The zero-order valence-electron chi connectivity index (χ0n) is 13.4. The summed E-state index contributed by atoms with van der Waals surface area (Å²) in [5.41, 5.74) is 0.669. The van der Waals surface area contributed by atoms with Crippen LogP contribution >= 0.6 is 11.6 Å². The van der Waals surface area contributed by atoms with Gasteiger partial charge in [-0.2, -0.15) is 0 Å². The quantitative estimate of drug-likeness (QED) is 0.648. The zero-order chi connectivity index (χ0) is 16.8. The van der Waals surface area contributed by atoms with E-state index >= 15 is 0 Å². The Labute approximate surface area is 141 Å². The lowest BCUT2D eigenvalue weighted by Crippen LogP contribution is -2.36. The number of hydrogen-bond donors (Lipinski definition) is 1. The van der Waals surface area contributed by atoms with Crippen LogP contribution in [0.3, 0.4) is 0 Å². The number of carbonyl (C=O) groups is 2. The van der Waals surface area contributed by atoms with Gasteiger partial charge in [0.25, 0.3) is 0 Å². The fraction of sp³-hybridized carbons (Fsp3) is 0.444. The highest BCUT2D eigenvalue weighted by atomic mass is 35.5. The summed E-state index contributed by atoms with van der Waals surface area (Å²) in [7, 11) is 0. The molecule has 0 unspecified atom stereocenters. The summed E-state index contributed by atoms with van der Waals surface area (Å²) in [6.07, 6.45) is 5.59. The summed E-state index contributed by atoms with van der Waals surface area (Å²) in [5, 5.41) is 3.46. The van der Waals surface area contributed by atoms with E-state index in [2.05, 4.69) is 5.32 Å². The lowest BCUT2D eigenvalue weighted by atomic mass is 9.82. The first kappa shape index (κ1) is 17.5. The molecule has 0 radical (unpaired) electrons. The van der Waals surface area contributed by atoms with Gasteiger partial charge in [0.1, 0.15) is 0 Å². The second-order valence-corrected chi connectivity index (χ2v) is 6.24. The van der Waals surface area contributed by atoms with Crippen LogP contribution in [0.5, 0.6) is 0 Å². The molecule has 0 bridgehead atoms.